The van der Waals surface area contributed by atoms with E-state index in [4.69, 9.17) is 9.84 Å². The second-order valence-electron chi connectivity index (χ2n) is 7.63. The lowest BCUT2D eigenvalue weighted by Crippen LogP contribution is -2.25. The monoisotopic (exact) mass is 429 g/mol. The number of benzene rings is 3. The summed E-state index contributed by atoms with van der Waals surface area (Å²) in [5.41, 5.74) is 5.95. The second kappa shape index (κ2) is 9.06. The molecule has 1 N–H and O–H groups in total. The number of ether oxygens (including phenoxy) is 1. The molecule has 4 rings (SSSR count). The van der Waals surface area contributed by atoms with Gasteiger partial charge >= 0.3 is 0 Å². The van der Waals surface area contributed by atoms with Crippen LogP contribution in [0, 0.1) is 19.7 Å². The summed E-state index contributed by atoms with van der Waals surface area (Å²) in [5, 5.41) is 7.64. The van der Waals surface area contributed by atoms with Crippen LogP contribution >= 0.6 is 0 Å². The molecule has 6 heteroatoms. The smallest absolute Gasteiger partial charge is 0.270 e. The molecule has 0 fully saturated rings. The number of hydrogen-bond donors (Lipinski definition) is 1. The molecule has 5 nitrogen and oxygen atoms in total. The highest BCUT2D eigenvalue weighted by Gasteiger charge is 2.18. The number of aryl methyl sites for hydroxylation is 2. The van der Waals surface area contributed by atoms with Crippen LogP contribution in [0.1, 0.15) is 27.2 Å². The van der Waals surface area contributed by atoms with E-state index in [2.05, 4.69) is 25.2 Å². The van der Waals surface area contributed by atoms with E-state index < -0.39 is 0 Å². The lowest BCUT2D eigenvalue weighted by atomic mass is 10.0. The van der Waals surface area contributed by atoms with Crippen molar-refractivity contribution in [1.29, 1.82) is 0 Å². The molecule has 0 saturated heterocycles. The van der Waals surface area contributed by atoms with Gasteiger partial charge < -0.3 is 10.1 Å². The van der Waals surface area contributed by atoms with Crippen molar-refractivity contribution in [1.82, 2.24) is 15.1 Å². The first-order valence-electron chi connectivity index (χ1n) is 10.3. The maximum atomic E-state index is 13.2. The van der Waals surface area contributed by atoms with Crippen molar-refractivity contribution in [3.05, 3.63) is 101 Å². The Morgan fingerprint density at radius 3 is 2.34 bits per heavy atom. The lowest BCUT2D eigenvalue weighted by Gasteiger charge is -2.09. The average molecular weight is 429 g/mol. The van der Waals surface area contributed by atoms with Gasteiger partial charge in [0.05, 0.1) is 18.5 Å². The van der Waals surface area contributed by atoms with E-state index in [1.807, 2.05) is 36.4 Å². The molecule has 0 unspecified atom stereocenters. The minimum absolute atomic E-state index is 0.271. The van der Waals surface area contributed by atoms with Crippen LogP contribution in [0.15, 0.2) is 72.8 Å². The van der Waals surface area contributed by atoms with Crippen molar-refractivity contribution in [2.75, 3.05) is 7.11 Å². The highest BCUT2D eigenvalue weighted by Crippen LogP contribution is 2.25. The van der Waals surface area contributed by atoms with Gasteiger partial charge in [-0.1, -0.05) is 24.3 Å². The van der Waals surface area contributed by atoms with Crippen LogP contribution in [0.4, 0.5) is 4.39 Å². The number of nitrogens with one attached hydrogen (secondary N) is 1. The number of halogens is 1. The third kappa shape index (κ3) is 4.54. The van der Waals surface area contributed by atoms with Gasteiger partial charge in [0.15, 0.2) is 0 Å². The van der Waals surface area contributed by atoms with Crippen molar-refractivity contribution < 1.29 is 13.9 Å². The zero-order chi connectivity index (χ0) is 22.7. The molecule has 32 heavy (non-hydrogen) atoms. The summed E-state index contributed by atoms with van der Waals surface area (Å²) in [7, 11) is 1.61. The maximum absolute atomic E-state index is 13.2. The van der Waals surface area contributed by atoms with E-state index in [-0.39, 0.29) is 18.3 Å². The number of nitrogens with zero attached hydrogens (tertiary/aromatic N) is 2. The fraction of sp³-hybridized carbons (Fsp3) is 0.154. The van der Waals surface area contributed by atoms with Crippen LogP contribution in [-0.4, -0.2) is 22.8 Å². The van der Waals surface area contributed by atoms with Gasteiger partial charge in [0.25, 0.3) is 5.91 Å². The van der Waals surface area contributed by atoms with E-state index in [1.54, 1.807) is 30.0 Å². The third-order valence-corrected chi connectivity index (χ3v) is 5.43. The van der Waals surface area contributed by atoms with Gasteiger partial charge in [-0.05, 0) is 79.1 Å². The molecular formula is C26H24FN3O2. The van der Waals surface area contributed by atoms with E-state index in [9.17, 15) is 9.18 Å². The van der Waals surface area contributed by atoms with Crippen LogP contribution < -0.4 is 10.1 Å². The second-order valence-corrected chi connectivity index (χ2v) is 7.63. The Labute approximate surface area is 186 Å². The summed E-state index contributed by atoms with van der Waals surface area (Å²) < 4.78 is 20.0. The number of methoxy groups -OCH3 is 1. The standard InChI is InChI=1S/C26H24FN3O2/c1-17-4-7-20(14-18(17)2)24-15-25(26(31)28-16-19-5-8-21(27)9-6-19)30(29-24)22-10-12-23(32-3)13-11-22/h4-15H,16H2,1-3H3,(H,28,31). The molecule has 162 valence electrons. The Balaban J connectivity index is 1.69. The molecule has 0 aliphatic carbocycles. The highest BCUT2D eigenvalue weighted by atomic mass is 19.1. The van der Waals surface area contributed by atoms with Crippen molar-refractivity contribution >= 4 is 5.91 Å². The highest BCUT2D eigenvalue weighted by molar-refractivity contribution is 5.94. The maximum Gasteiger partial charge on any atom is 0.270 e. The number of hydrogen-bond acceptors (Lipinski definition) is 3. The molecule has 3 aromatic carbocycles. The molecule has 0 atom stereocenters. The van der Waals surface area contributed by atoms with Gasteiger partial charge in [-0.2, -0.15) is 5.10 Å². The van der Waals surface area contributed by atoms with E-state index in [1.165, 1.54) is 17.7 Å². The largest absolute Gasteiger partial charge is 0.497 e. The fourth-order valence-electron chi connectivity index (χ4n) is 3.38. The molecule has 1 amide bonds. The van der Waals surface area contributed by atoms with Crippen molar-refractivity contribution in [3.8, 4) is 22.7 Å². The summed E-state index contributed by atoms with van der Waals surface area (Å²) in [6.45, 7) is 4.39. The predicted molar refractivity (Wildman–Crippen MR) is 123 cm³/mol. The Bertz CT molecular complexity index is 1250. The van der Waals surface area contributed by atoms with Gasteiger partial charge in [0, 0.05) is 12.1 Å². The molecule has 0 bridgehead atoms. The van der Waals surface area contributed by atoms with Gasteiger partial charge in [-0.15, -0.1) is 0 Å². The van der Waals surface area contributed by atoms with Crippen LogP contribution in [0.5, 0.6) is 5.75 Å². The first-order valence-corrected chi connectivity index (χ1v) is 10.3. The summed E-state index contributed by atoms with van der Waals surface area (Å²) in [5.74, 6) is 0.140. The minimum Gasteiger partial charge on any atom is -0.497 e. The first-order chi connectivity index (χ1) is 15.4. The Kier molecular flexibility index (Phi) is 6.03. The lowest BCUT2D eigenvalue weighted by molar-refractivity contribution is 0.0943. The molecule has 0 radical (unpaired) electrons. The molecule has 0 spiro atoms. The Morgan fingerprint density at radius 2 is 1.69 bits per heavy atom. The summed E-state index contributed by atoms with van der Waals surface area (Å²) in [6, 6.07) is 21.3. The summed E-state index contributed by atoms with van der Waals surface area (Å²) >= 11 is 0. The zero-order valence-corrected chi connectivity index (χ0v) is 18.2. The molecule has 1 aromatic heterocycles. The number of rotatable bonds is 6. The number of carbonyl (C=O) groups excluding carboxylic acids is 1. The van der Waals surface area contributed by atoms with Crippen molar-refractivity contribution in [2.45, 2.75) is 20.4 Å². The number of aromatic nitrogens is 2. The molecule has 4 aromatic rings. The van der Waals surface area contributed by atoms with Gasteiger partial charge in [-0.3, -0.25) is 4.79 Å². The third-order valence-electron chi connectivity index (χ3n) is 5.43. The van der Waals surface area contributed by atoms with Crippen LogP contribution in [-0.2, 0) is 6.54 Å². The SMILES string of the molecule is COc1ccc(-n2nc(-c3ccc(C)c(C)c3)cc2C(=O)NCc2ccc(F)cc2)cc1. The van der Waals surface area contributed by atoms with Crippen LogP contribution in [0.3, 0.4) is 0 Å². The predicted octanol–water partition coefficient (Wildman–Crippen LogP) is 5.23. The first kappa shape index (κ1) is 21.3. The van der Waals surface area contributed by atoms with Gasteiger partial charge in [-0.25, -0.2) is 9.07 Å². The van der Waals surface area contributed by atoms with E-state index in [0.29, 0.717) is 11.4 Å². The number of carbonyl (C=O) groups is 1. The van der Waals surface area contributed by atoms with Crippen molar-refractivity contribution in [2.24, 2.45) is 0 Å². The molecular weight excluding hydrogens is 405 g/mol. The zero-order valence-electron chi connectivity index (χ0n) is 18.2. The van der Waals surface area contributed by atoms with E-state index in [0.717, 1.165) is 28.1 Å². The van der Waals surface area contributed by atoms with E-state index >= 15 is 0 Å². The molecule has 0 saturated carbocycles. The quantitative estimate of drug-likeness (QED) is 0.456. The fourth-order valence-corrected chi connectivity index (χ4v) is 3.38. The topological polar surface area (TPSA) is 56.2 Å². The Morgan fingerprint density at radius 1 is 0.969 bits per heavy atom. The summed E-state index contributed by atoms with van der Waals surface area (Å²) in [4.78, 5) is 13.1. The van der Waals surface area contributed by atoms with Crippen LogP contribution in [0.25, 0.3) is 16.9 Å². The Hall–Kier alpha value is -3.93. The number of amides is 1. The molecule has 0 aliphatic rings. The van der Waals surface area contributed by atoms with Gasteiger partial charge in [0.1, 0.15) is 17.3 Å². The van der Waals surface area contributed by atoms with Crippen molar-refractivity contribution in [3.63, 3.8) is 0 Å². The van der Waals surface area contributed by atoms with Gasteiger partial charge in [0.2, 0.25) is 0 Å². The summed E-state index contributed by atoms with van der Waals surface area (Å²) in [6.07, 6.45) is 0. The normalized spacial score (nSPS) is 10.8. The van der Waals surface area contributed by atoms with Crippen LogP contribution in [0.2, 0.25) is 0 Å². The minimum atomic E-state index is -0.310. The molecule has 0 aliphatic heterocycles. The average Bonchev–Trinajstić information content (AvgIpc) is 3.26. The molecule has 1 heterocycles.